The zero-order valence-electron chi connectivity index (χ0n) is 14.2. The molecule has 1 aromatic carbocycles. The Morgan fingerprint density at radius 2 is 2.00 bits per heavy atom. The lowest BCUT2D eigenvalue weighted by Gasteiger charge is -2.24. The van der Waals surface area contributed by atoms with Crippen molar-refractivity contribution in [2.45, 2.75) is 39.3 Å². The van der Waals surface area contributed by atoms with Crippen LogP contribution in [0.5, 0.6) is 0 Å². The maximum Gasteiger partial charge on any atom is 0.347 e. The Bertz CT molecular complexity index is 857. The normalized spacial score (nSPS) is 17.0. The molecule has 2 amide bonds. The van der Waals surface area contributed by atoms with Gasteiger partial charge in [0.25, 0.3) is 0 Å². The molecule has 1 atom stereocenters. The molecule has 0 spiro atoms. The van der Waals surface area contributed by atoms with Crippen LogP contribution in [0, 0.1) is 13.8 Å². The average Bonchev–Trinajstić information content (AvgIpc) is 2.89. The molecule has 130 valence electrons. The predicted molar refractivity (Wildman–Crippen MR) is 93.0 cm³/mol. The molecule has 0 radical (unpaired) electrons. The Hall–Kier alpha value is -2.96. The smallest absolute Gasteiger partial charge is 0.326 e. The van der Waals surface area contributed by atoms with E-state index in [0.29, 0.717) is 25.1 Å². The first-order valence-corrected chi connectivity index (χ1v) is 8.16. The van der Waals surface area contributed by atoms with Crippen molar-refractivity contribution in [3.8, 4) is 0 Å². The number of carbonyl (C=O) groups is 2. The first-order chi connectivity index (χ1) is 11.9. The second-order valence-corrected chi connectivity index (χ2v) is 6.31. The lowest BCUT2D eigenvalue weighted by molar-refractivity contribution is -0.133. The topological polar surface area (TPSA) is 95.2 Å². The third-order valence-corrected chi connectivity index (χ3v) is 4.23. The first kappa shape index (κ1) is 16.9. The van der Waals surface area contributed by atoms with Crippen LogP contribution in [0.2, 0.25) is 0 Å². The number of likely N-dealkylation sites (tertiary alicyclic amines) is 1. The van der Waals surface area contributed by atoms with E-state index in [4.69, 9.17) is 0 Å². The van der Waals surface area contributed by atoms with E-state index in [1.54, 1.807) is 17.9 Å². The van der Waals surface area contributed by atoms with Crippen LogP contribution in [0.1, 0.15) is 29.7 Å². The van der Waals surface area contributed by atoms with Crippen LogP contribution < -0.4 is 11.0 Å². The number of hydrogen-bond acceptors (Lipinski definition) is 4. The quantitative estimate of drug-likeness (QED) is 0.882. The minimum Gasteiger partial charge on any atom is -0.326 e. The summed E-state index contributed by atoms with van der Waals surface area (Å²) in [5.41, 5.74) is 2.20. The van der Waals surface area contributed by atoms with E-state index in [0.717, 1.165) is 11.1 Å². The standard InChI is InChI=1S/C18H20N4O3/c1-11-3-5-13(6-4-11)10-22-14(7-8-16(22)23)17(24)20-15-9-12(2)19-18(25)21-15/h3-6,9,14H,7-8,10H2,1-2H3,(H2,19,20,21,24,25)/t14-/m1/s1. The monoisotopic (exact) mass is 340 g/mol. The highest BCUT2D eigenvalue weighted by atomic mass is 16.2. The highest BCUT2D eigenvalue weighted by Crippen LogP contribution is 2.23. The summed E-state index contributed by atoms with van der Waals surface area (Å²) in [6, 6.07) is 8.90. The van der Waals surface area contributed by atoms with Crippen molar-refractivity contribution in [2.24, 2.45) is 0 Å². The lowest BCUT2D eigenvalue weighted by atomic mass is 10.1. The largest absolute Gasteiger partial charge is 0.347 e. The van der Waals surface area contributed by atoms with Gasteiger partial charge in [-0.2, -0.15) is 4.98 Å². The number of nitrogens with one attached hydrogen (secondary N) is 2. The summed E-state index contributed by atoms with van der Waals surface area (Å²) >= 11 is 0. The van der Waals surface area contributed by atoms with Crippen molar-refractivity contribution < 1.29 is 9.59 Å². The van der Waals surface area contributed by atoms with E-state index in [2.05, 4.69) is 15.3 Å². The molecule has 25 heavy (non-hydrogen) atoms. The van der Waals surface area contributed by atoms with Gasteiger partial charge in [-0.15, -0.1) is 0 Å². The summed E-state index contributed by atoms with van der Waals surface area (Å²) in [4.78, 5) is 44.0. The van der Waals surface area contributed by atoms with Crippen molar-refractivity contribution in [2.75, 3.05) is 5.32 Å². The minimum absolute atomic E-state index is 0.0456. The molecule has 0 unspecified atom stereocenters. The molecule has 7 nitrogen and oxygen atoms in total. The van der Waals surface area contributed by atoms with Gasteiger partial charge in [0.15, 0.2) is 0 Å². The molecule has 0 saturated carbocycles. The van der Waals surface area contributed by atoms with Crippen molar-refractivity contribution in [1.82, 2.24) is 14.9 Å². The Morgan fingerprint density at radius 3 is 2.68 bits per heavy atom. The maximum atomic E-state index is 12.6. The number of rotatable bonds is 4. The Labute approximate surface area is 145 Å². The number of benzene rings is 1. The molecule has 1 saturated heterocycles. The van der Waals surface area contributed by atoms with Gasteiger partial charge in [0.2, 0.25) is 11.8 Å². The van der Waals surface area contributed by atoms with Gasteiger partial charge in [0.05, 0.1) is 0 Å². The summed E-state index contributed by atoms with van der Waals surface area (Å²) in [5.74, 6) is -0.174. The van der Waals surface area contributed by atoms with Crippen LogP contribution in [0.3, 0.4) is 0 Å². The number of amides is 2. The van der Waals surface area contributed by atoms with Crippen LogP contribution in [0.15, 0.2) is 35.1 Å². The van der Waals surface area contributed by atoms with Crippen molar-refractivity contribution in [1.29, 1.82) is 0 Å². The highest BCUT2D eigenvalue weighted by molar-refractivity contribution is 5.98. The Kier molecular flexibility index (Phi) is 4.65. The molecule has 0 aliphatic carbocycles. The number of carbonyl (C=O) groups excluding carboxylic acids is 2. The van der Waals surface area contributed by atoms with E-state index in [1.165, 1.54) is 0 Å². The van der Waals surface area contributed by atoms with Crippen LogP contribution in [-0.2, 0) is 16.1 Å². The van der Waals surface area contributed by atoms with Crippen LogP contribution >= 0.6 is 0 Å². The van der Waals surface area contributed by atoms with Gasteiger partial charge >= 0.3 is 5.69 Å². The molecule has 1 fully saturated rings. The molecule has 2 N–H and O–H groups in total. The zero-order valence-corrected chi connectivity index (χ0v) is 14.2. The molecule has 3 rings (SSSR count). The fourth-order valence-electron chi connectivity index (χ4n) is 2.95. The lowest BCUT2D eigenvalue weighted by Crippen LogP contribution is -2.41. The molecule has 7 heteroatoms. The Morgan fingerprint density at radius 1 is 1.28 bits per heavy atom. The van der Waals surface area contributed by atoms with Gasteiger partial charge in [-0.3, -0.25) is 9.59 Å². The van der Waals surface area contributed by atoms with Crippen LogP contribution in [0.4, 0.5) is 5.82 Å². The summed E-state index contributed by atoms with van der Waals surface area (Å²) in [5, 5.41) is 2.65. The van der Waals surface area contributed by atoms with Crippen molar-refractivity contribution in [3.05, 3.63) is 57.6 Å². The summed E-state index contributed by atoms with van der Waals surface area (Å²) in [6.45, 7) is 4.10. The van der Waals surface area contributed by atoms with E-state index in [1.807, 2.05) is 31.2 Å². The van der Waals surface area contributed by atoms with Gasteiger partial charge in [-0.25, -0.2) is 4.79 Å². The second kappa shape index (κ2) is 6.88. The van der Waals surface area contributed by atoms with E-state index >= 15 is 0 Å². The molecule has 2 aromatic rings. The number of anilines is 1. The summed E-state index contributed by atoms with van der Waals surface area (Å²) in [6.07, 6.45) is 0.796. The van der Waals surface area contributed by atoms with Gasteiger partial charge < -0.3 is 15.2 Å². The van der Waals surface area contributed by atoms with E-state index in [9.17, 15) is 14.4 Å². The molecule has 2 heterocycles. The molecular formula is C18H20N4O3. The minimum atomic E-state index is -0.560. The SMILES string of the molecule is Cc1ccc(CN2C(=O)CC[C@@H]2C(=O)Nc2cc(C)[nH]c(=O)n2)cc1. The Balaban J connectivity index is 1.75. The fraction of sp³-hybridized carbons (Fsp3) is 0.333. The molecule has 1 aromatic heterocycles. The summed E-state index contributed by atoms with van der Waals surface area (Å²) < 4.78 is 0. The zero-order chi connectivity index (χ0) is 18.0. The van der Waals surface area contributed by atoms with Gasteiger partial charge in [0.1, 0.15) is 11.9 Å². The van der Waals surface area contributed by atoms with Crippen LogP contribution in [-0.4, -0.2) is 32.7 Å². The third kappa shape index (κ3) is 3.93. The van der Waals surface area contributed by atoms with Gasteiger partial charge in [-0.1, -0.05) is 29.8 Å². The number of aromatic nitrogens is 2. The maximum absolute atomic E-state index is 12.6. The van der Waals surface area contributed by atoms with Crippen molar-refractivity contribution in [3.63, 3.8) is 0 Å². The molecule has 1 aliphatic heterocycles. The number of nitrogens with zero attached hydrogens (tertiary/aromatic N) is 2. The summed E-state index contributed by atoms with van der Waals surface area (Å²) in [7, 11) is 0. The fourth-order valence-corrected chi connectivity index (χ4v) is 2.95. The van der Waals surface area contributed by atoms with E-state index in [-0.39, 0.29) is 17.6 Å². The number of H-pyrrole nitrogens is 1. The molecule has 0 bridgehead atoms. The molecular weight excluding hydrogens is 320 g/mol. The van der Waals surface area contributed by atoms with Crippen molar-refractivity contribution >= 4 is 17.6 Å². The third-order valence-electron chi connectivity index (χ3n) is 4.23. The predicted octanol–water partition coefficient (Wildman–Crippen LogP) is 1.52. The number of aryl methyl sites for hydroxylation is 2. The highest BCUT2D eigenvalue weighted by Gasteiger charge is 2.36. The molecule has 1 aliphatic rings. The average molecular weight is 340 g/mol. The number of hydrogen-bond donors (Lipinski definition) is 2. The van der Waals surface area contributed by atoms with Crippen LogP contribution in [0.25, 0.3) is 0 Å². The van der Waals surface area contributed by atoms with Gasteiger partial charge in [0, 0.05) is 24.7 Å². The second-order valence-electron chi connectivity index (χ2n) is 6.31. The van der Waals surface area contributed by atoms with Gasteiger partial charge in [-0.05, 0) is 25.8 Å². The van der Waals surface area contributed by atoms with E-state index < -0.39 is 11.7 Å². The number of aromatic amines is 1. The first-order valence-electron chi connectivity index (χ1n) is 8.16.